The molecule has 32 heavy (non-hydrogen) atoms. The quantitative estimate of drug-likeness (QED) is 0.378. The summed E-state index contributed by atoms with van der Waals surface area (Å²) in [5.74, 6) is 0.986. The van der Waals surface area contributed by atoms with E-state index >= 15 is 0 Å². The Kier molecular flexibility index (Phi) is 7.88. The molecule has 6 nitrogen and oxygen atoms in total. The Morgan fingerprint density at radius 1 is 1.09 bits per heavy atom. The molecular formula is C23H27Cl2N3O3S. The fourth-order valence-electron chi connectivity index (χ4n) is 3.22. The molecule has 3 aromatic rings. The molecular weight excluding hydrogens is 469 g/mol. The number of carbonyl (C=O) groups excluding carboxylic acids is 1. The highest BCUT2D eigenvalue weighted by atomic mass is 35.5. The van der Waals surface area contributed by atoms with Crippen LogP contribution in [-0.4, -0.2) is 55.7 Å². The molecule has 2 aromatic carbocycles. The fourth-order valence-corrected chi connectivity index (χ4v) is 4.62. The van der Waals surface area contributed by atoms with Gasteiger partial charge in [0.1, 0.15) is 17.0 Å². The minimum Gasteiger partial charge on any atom is -0.494 e. The molecule has 1 aromatic heterocycles. The Morgan fingerprint density at radius 2 is 1.78 bits per heavy atom. The van der Waals surface area contributed by atoms with Crippen molar-refractivity contribution in [2.24, 2.45) is 0 Å². The number of fused-ring (bicyclic) bond motifs is 1. The van der Waals surface area contributed by atoms with Crippen molar-refractivity contribution in [3.05, 3.63) is 46.4 Å². The third-order valence-electron chi connectivity index (χ3n) is 4.83. The Hall–Kier alpha value is -2.06. The number of amides is 1. The number of anilines is 1. The highest BCUT2D eigenvalue weighted by Crippen LogP contribution is 2.39. The summed E-state index contributed by atoms with van der Waals surface area (Å²) >= 11 is 13.7. The highest BCUT2D eigenvalue weighted by molar-refractivity contribution is 7.23. The Bertz CT molecular complexity index is 1080. The van der Waals surface area contributed by atoms with E-state index in [-0.39, 0.29) is 5.91 Å². The van der Waals surface area contributed by atoms with Crippen LogP contribution in [0.1, 0.15) is 20.3 Å². The van der Waals surface area contributed by atoms with Crippen LogP contribution in [0.3, 0.4) is 0 Å². The number of ether oxygens (including phenoxy) is 2. The van der Waals surface area contributed by atoms with Crippen molar-refractivity contribution < 1.29 is 14.3 Å². The second-order valence-corrected chi connectivity index (χ2v) is 9.92. The van der Waals surface area contributed by atoms with Crippen molar-refractivity contribution in [3.63, 3.8) is 0 Å². The molecule has 0 N–H and O–H groups in total. The summed E-state index contributed by atoms with van der Waals surface area (Å²) in [5.41, 5.74) is -0.487. The number of benzene rings is 2. The zero-order chi connectivity index (χ0) is 23.5. The standard InChI is InChI=1S/C23H27Cl2N3O3S/c1-23(2,31-16-9-7-15(24)8-10-16)21(29)28(14-6-13-27(3)4)22-26-19-18(30-5)12-11-17(25)20(19)32-22/h7-12H,6,13-14H2,1-5H3. The van der Waals surface area contributed by atoms with Gasteiger partial charge >= 0.3 is 0 Å². The van der Waals surface area contributed by atoms with Crippen LogP contribution in [0.5, 0.6) is 11.5 Å². The molecule has 0 radical (unpaired) electrons. The van der Waals surface area contributed by atoms with E-state index < -0.39 is 5.60 Å². The number of aromatic nitrogens is 1. The van der Waals surface area contributed by atoms with E-state index in [9.17, 15) is 4.79 Å². The van der Waals surface area contributed by atoms with Crippen LogP contribution < -0.4 is 14.4 Å². The molecule has 3 rings (SSSR count). The van der Waals surface area contributed by atoms with Gasteiger partial charge in [-0.05, 0) is 77.3 Å². The first kappa shape index (κ1) is 24.6. The maximum atomic E-state index is 13.7. The van der Waals surface area contributed by atoms with Crippen molar-refractivity contribution in [1.29, 1.82) is 0 Å². The highest BCUT2D eigenvalue weighted by Gasteiger charge is 2.36. The van der Waals surface area contributed by atoms with E-state index in [0.717, 1.165) is 17.7 Å². The molecule has 9 heteroatoms. The summed E-state index contributed by atoms with van der Waals surface area (Å²) in [6, 6.07) is 10.5. The van der Waals surface area contributed by atoms with Crippen molar-refractivity contribution in [1.82, 2.24) is 9.88 Å². The number of nitrogens with zero attached hydrogens (tertiary/aromatic N) is 3. The molecule has 172 valence electrons. The Balaban J connectivity index is 1.96. The maximum Gasteiger partial charge on any atom is 0.272 e. The van der Waals surface area contributed by atoms with E-state index in [0.29, 0.717) is 38.7 Å². The third kappa shape index (κ3) is 5.64. The average molecular weight is 496 g/mol. The second kappa shape index (κ2) is 10.3. The third-order valence-corrected chi connectivity index (χ3v) is 6.62. The normalized spacial score (nSPS) is 11.8. The predicted molar refractivity (Wildman–Crippen MR) is 133 cm³/mol. The molecule has 0 saturated heterocycles. The number of carbonyl (C=O) groups is 1. The number of rotatable bonds is 9. The topological polar surface area (TPSA) is 54.9 Å². The van der Waals surface area contributed by atoms with Crippen molar-refractivity contribution in [2.45, 2.75) is 25.9 Å². The van der Waals surface area contributed by atoms with Gasteiger partial charge in [0.2, 0.25) is 0 Å². The number of methoxy groups -OCH3 is 1. The first-order valence-electron chi connectivity index (χ1n) is 10.2. The minimum atomic E-state index is -1.13. The van der Waals surface area contributed by atoms with E-state index in [1.54, 1.807) is 62.3 Å². The van der Waals surface area contributed by atoms with E-state index in [4.69, 9.17) is 37.7 Å². The molecule has 1 amide bonds. The van der Waals surface area contributed by atoms with Crippen LogP contribution in [0, 0.1) is 0 Å². The van der Waals surface area contributed by atoms with Gasteiger partial charge in [-0.15, -0.1) is 0 Å². The van der Waals surface area contributed by atoms with Gasteiger partial charge in [0, 0.05) is 11.6 Å². The van der Waals surface area contributed by atoms with Gasteiger partial charge in [0.15, 0.2) is 10.7 Å². The molecule has 0 aliphatic rings. The van der Waals surface area contributed by atoms with Crippen molar-refractivity contribution in [3.8, 4) is 11.5 Å². The lowest BCUT2D eigenvalue weighted by Gasteiger charge is -2.31. The molecule has 0 atom stereocenters. The smallest absolute Gasteiger partial charge is 0.272 e. The van der Waals surface area contributed by atoms with Gasteiger partial charge < -0.3 is 14.4 Å². The van der Waals surface area contributed by atoms with Crippen molar-refractivity contribution in [2.75, 3.05) is 39.2 Å². The SMILES string of the molecule is COc1ccc(Cl)c2sc(N(CCCN(C)C)C(=O)C(C)(C)Oc3ccc(Cl)cc3)nc12. The summed E-state index contributed by atoms with van der Waals surface area (Å²) in [7, 11) is 5.59. The Morgan fingerprint density at radius 3 is 2.41 bits per heavy atom. The van der Waals surface area contributed by atoms with Crippen molar-refractivity contribution >= 4 is 55.8 Å². The van der Waals surface area contributed by atoms with Crippen LogP contribution in [0.4, 0.5) is 5.13 Å². The van der Waals surface area contributed by atoms with Gasteiger partial charge in [-0.3, -0.25) is 9.69 Å². The fraction of sp³-hybridized carbons (Fsp3) is 0.391. The lowest BCUT2D eigenvalue weighted by atomic mass is 10.1. The summed E-state index contributed by atoms with van der Waals surface area (Å²) in [6.45, 7) is 4.83. The predicted octanol–water partition coefficient (Wildman–Crippen LogP) is 5.75. The van der Waals surface area contributed by atoms with Crippen LogP contribution >= 0.6 is 34.5 Å². The molecule has 0 saturated carbocycles. The lowest BCUT2D eigenvalue weighted by molar-refractivity contribution is -0.131. The minimum absolute atomic E-state index is 0.194. The molecule has 0 fully saturated rings. The molecule has 0 aliphatic carbocycles. The largest absolute Gasteiger partial charge is 0.494 e. The first-order chi connectivity index (χ1) is 15.1. The van der Waals surface area contributed by atoms with Crippen LogP contribution in [0.2, 0.25) is 10.0 Å². The second-order valence-electron chi connectivity index (χ2n) is 8.10. The molecule has 1 heterocycles. The van der Waals surface area contributed by atoms with Crippen LogP contribution in [0.15, 0.2) is 36.4 Å². The van der Waals surface area contributed by atoms with Gasteiger partial charge in [0.25, 0.3) is 5.91 Å². The van der Waals surface area contributed by atoms with Gasteiger partial charge in [0.05, 0.1) is 16.8 Å². The van der Waals surface area contributed by atoms with E-state index in [2.05, 4.69) is 4.90 Å². The van der Waals surface area contributed by atoms with Gasteiger partial charge in [-0.2, -0.15) is 0 Å². The number of thiazole rings is 1. The lowest BCUT2D eigenvalue weighted by Crippen LogP contribution is -2.49. The molecule has 0 unspecified atom stereocenters. The molecule has 0 spiro atoms. The Labute approximate surface area is 202 Å². The first-order valence-corrected chi connectivity index (χ1v) is 11.7. The zero-order valence-electron chi connectivity index (χ0n) is 18.8. The zero-order valence-corrected chi connectivity index (χ0v) is 21.1. The van der Waals surface area contributed by atoms with E-state index in [1.807, 2.05) is 14.1 Å². The monoisotopic (exact) mass is 495 g/mol. The van der Waals surface area contributed by atoms with Gasteiger partial charge in [-0.1, -0.05) is 34.5 Å². The average Bonchev–Trinajstić information content (AvgIpc) is 3.18. The summed E-state index contributed by atoms with van der Waals surface area (Å²) in [4.78, 5) is 22.2. The molecule has 0 bridgehead atoms. The number of halogens is 2. The van der Waals surface area contributed by atoms with Gasteiger partial charge in [-0.25, -0.2) is 4.98 Å². The summed E-state index contributed by atoms with van der Waals surface area (Å²) in [6.07, 6.45) is 0.774. The van der Waals surface area contributed by atoms with E-state index in [1.165, 1.54) is 11.3 Å². The van der Waals surface area contributed by atoms with Crippen LogP contribution in [-0.2, 0) is 4.79 Å². The maximum absolute atomic E-state index is 13.7. The molecule has 0 aliphatic heterocycles. The summed E-state index contributed by atoms with van der Waals surface area (Å²) in [5, 5.41) is 1.73. The number of hydrogen-bond acceptors (Lipinski definition) is 6. The summed E-state index contributed by atoms with van der Waals surface area (Å²) < 4.78 is 12.3. The van der Waals surface area contributed by atoms with Crippen LogP contribution in [0.25, 0.3) is 10.2 Å². The number of hydrogen-bond donors (Lipinski definition) is 0.